The van der Waals surface area contributed by atoms with E-state index in [1.165, 1.54) is 10.4 Å². The summed E-state index contributed by atoms with van der Waals surface area (Å²) in [5.74, 6) is 0.758. The van der Waals surface area contributed by atoms with Gasteiger partial charge in [-0.1, -0.05) is 35.9 Å². The summed E-state index contributed by atoms with van der Waals surface area (Å²) in [4.78, 5) is -0.0647. The van der Waals surface area contributed by atoms with Gasteiger partial charge in [0.1, 0.15) is 12.4 Å². The molecule has 36 heavy (non-hydrogen) atoms. The van der Waals surface area contributed by atoms with E-state index in [-0.39, 0.29) is 29.6 Å². The van der Waals surface area contributed by atoms with Crippen molar-refractivity contribution in [3.8, 4) is 22.6 Å². The lowest BCUT2D eigenvalue weighted by molar-refractivity contribution is 0.165. The number of ether oxygens (including phenoxy) is 3. The van der Waals surface area contributed by atoms with Crippen LogP contribution in [0.3, 0.4) is 0 Å². The molecule has 1 atom stereocenters. The van der Waals surface area contributed by atoms with E-state index in [0.29, 0.717) is 36.2 Å². The van der Waals surface area contributed by atoms with E-state index in [2.05, 4.69) is 0 Å². The Balaban J connectivity index is 1.53. The van der Waals surface area contributed by atoms with Crippen LogP contribution in [0.2, 0.25) is 5.02 Å². The van der Waals surface area contributed by atoms with Gasteiger partial charge in [-0.15, -0.1) is 0 Å². The molecule has 0 radical (unpaired) electrons. The molecule has 1 unspecified atom stereocenters. The van der Waals surface area contributed by atoms with Crippen molar-refractivity contribution in [3.05, 3.63) is 76.6 Å². The molecule has 2 heterocycles. The maximum absolute atomic E-state index is 13.7. The first-order valence-electron chi connectivity index (χ1n) is 11.8. The van der Waals surface area contributed by atoms with Gasteiger partial charge in [-0.05, 0) is 60.4 Å². The Labute approximate surface area is 215 Å². The summed E-state index contributed by atoms with van der Waals surface area (Å²) < 4.78 is 59.7. The molecular weight excluding hydrogens is 505 g/mol. The Morgan fingerprint density at radius 3 is 2.72 bits per heavy atom. The van der Waals surface area contributed by atoms with Gasteiger partial charge < -0.3 is 14.2 Å². The first-order chi connectivity index (χ1) is 17.3. The first-order valence-corrected chi connectivity index (χ1v) is 13.7. The number of sulfonamides is 1. The molecule has 0 aliphatic carbocycles. The smallest absolute Gasteiger partial charge is 0.243 e. The number of hydrogen-bond donors (Lipinski definition) is 0. The minimum atomic E-state index is -3.95. The number of fused-ring (bicyclic) bond motifs is 1. The highest BCUT2D eigenvalue weighted by Gasteiger charge is 2.30. The van der Waals surface area contributed by atoms with Crippen LogP contribution in [0, 0.1) is 18.7 Å². The predicted molar refractivity (Wildman–Crippen MR) is 136 cm³/mol. The Hall–Kier alpha value is -2.65. The van der Waals surface area contributed by atoms with Crippen molar-refractivity contribution >= 4 is 21.6 Å². The molecule has 5 rings (SSSR count). The van der Waals surface area contributed by atoms with Crippen molar-refractivity contribution in [1.29, 1.82) is 0 Å². The fourth-order valence-corrected chi connectivity index (χ4v) is 6.21. The molecule has 0 saturated carbocycles. The molecule has 1 fully saturated rings. The van der Waals surface area contributed by atoms with Gasteiger partial charge in [0.25, 0.3) is 0 Å². The summed E-state index contributed by atoms with van der Waals surface area (Å²) in [5, 5.41) is -0.240. The Morgan fingerprint density at radius 2 is 1.97 bits per heavy atom. The molecule has 2 aliphatic heterocycles. The van der Waals surface area contributed by atoms with Crippen LogP contribution >= 0.6 is 11.6 Å². The third-order valence-electron chi connectivity index (χ3n) is 6.55. The molecule has 6 nitrogen and oxygen atoms in total. The van der Waals surface area contributed by atoms with Crippen LogP contribution in [0.5, 0.6) is 11.5 Å². The summed E-state index contributed by atoms with van der Waals surface area (Å²) in [6.07, 6.45) is 0.937. The van der Waals surface area contributed by atoms with Crippen LogP contribution in [-0.2, 0) is 21.3 Å². The second-order valence-corrected chi connectivity index (χ2v) is 11.4. The van der Waals surface area contributed by atoms with Crippen molar-refractivity contribution in [2.75, 3.05) is 33.0 Å². The standard InChI is InChI=1S/C27H27ClFNO5S/c1-18-4-2-3-5-23(18)20-12-21-15-30(36(31,32)22-6-7-25(29)24(28)14-22)9-11-34-27(21)26(13-20)35-17-19-8-10-33-16-19/h2-7,12-14,19H,8-11,15-17H2,1H3. The van der Waals surface area contributed by atoms with Gasteiger partial charge in [0.05, 0.1) is 23.1 Å². The number of hydrogen-bond acceptors (Lipinski definition) is 5. The van der Waals surface area contributed by atoms with E-state index in [0.717, 1.165) is 41.9 Å². The van der Waals surface area contributed by atoms with Gasteiger partial charge in [-0.25, -0.2) is 12.8 Å². The molecular formula is C27H27ClFNO5S. The highest BCUT2D eigenvalue weighted by atomic mass is 35.5. The number of nitrogens with zero attached hydrogens (tertiary/aromatic N) is 1. The van der Waals surface area contributed by atoms with Crippen LogP contribution in [0.1, 0.15) is 17.5 Å². The molecule has 9 heteroatoms. The van der Waals surface area contributed by atoms with Crippen molar-refractivity contribution in [2.24, 2.45) is 5.92 Å². The Bertz CT molecular complexity index is 1370. The van der Waals surface area contributed by atoms with E-state index in [1.54, 1.807) is 0 Å². The average Bonchev–Trinajstić information content (AvgIpc) is 3.28. The van der Waals surface area contributed by atoms with Crippen molar-refractivity contribution in [3.63, 3.8) is 0 Å². The summed E-state index contributed by atoms with van der Waals surface area (Å²) in [6, 6.07) is 15.3. The maximum atomic E-state index is 13.7. The number of rotatable bonds is 6. The van der Waals surface area contributed by atoms with Gasteiger partial charge in [-0.2, -0.15) is 4.31 Å². The normalized spacial score (nSPS) is 18.4. The summed E-state index contributed by atoms with van der Waals surface area (Å²) in [6.45, 7) is 4.26. The zero-order valence-electron chi connectivity index (χ0n) is 19.9. The highest BCUT2D eigenvalue weighted by Crippen LogP contribution is 2.40. The van der Waals surface area contributed by atoms with E-state index in [4.69, 9.17) is 25.8 Å². The highest BCUT2D eigenvalue weighted by molar-refractivity contribution is 7.89. The quantitative estimate of drug-likeness (QED) is 0.423. The maximum Gasteiger partial charge on any atom is 0.243 e. The van der Waals surface area contributed by atoms with Crippen molar-refractivity contribution in [2.45, 2.75) is 24.8 Å². The summed E-state index contributed by atoms with van der Waals surface area (Å²) >= 11 is 5.88. The van der Waals surface area contributed by atoms with E-state index < -0.39 is 15.8 Å². The van der Waals surface area contributed by atoms with Gasteiger partial charge in [0.2, 0.25) is 10.0 Å². The van der Waals surface area contributed by atoms with Crippen molar-refractivity contribution < 1.29 is 27.0 Å². The van der Waals surface area contributed by atoms with Crippen molar-refractivity contribution in [1.82, 2.24) is 4.31 Å². The lowest BCUT2D eigenvalue weighted by Crippen LogP contribution is -2.32. The van der Waals surface area contributed by atoms with E-state index in [9.17, 15) is 12.8 Å². The summed E-state index contributed by atoms with van der Waals surface area (Å²) in [7, 11) is -3.95. The molecule has 3 aromatic carbocycles. The third kappa shape index (κ3) is 5.09. The fourth-order valence-electron chi connectivity index (χ4n) is 4.53. The van der Waals surface area contributed by atoms with Gasteiger partial charge >= 0.3 is 0 Å². The van der Waals surface area contributed by atoms with Gasteiger partial charge in [-0.3, -0.25) is 0 Å². The van der Waals surface area contributed by atoms with E-state index >= 15 is 0 Å². The summed E-state index contributed by atoms with van der Waals surface area (Å²) in [5.41, 5.74) is 3.73. The lowest BCUT2D eigenvalue weighted by Gasteiger charge is -2.21. The van der Waals surface area contributed by atoms with Crippen LogP contribution in [0.4, 0.5) is 4.39 Å². The topological polar surface area (TPSA) is 65.1 Å². The molecule has 0 bridgehead atoms. The third-order valence-corrected chi connectivity index (χ3v) is 8.68. The molecule has 0 spiro atoms. The Morgan fingerprint density at radius 1 is 1.14 bits per heavy atom. The molecule has 1 saturated heterocycles. The van der Waals surface area contributed by atoms with Crippen LogP contribution < -0.4 is 9.47 Å². The number of halogens is 2. The number of benzene rings is 3. The molecule has 190 valence electrons. The molecule has 0 aromatic heterocycles. The zero-order chi connectivity index (χ0) is 25.3. The minimum Gasteiger partial charge on any atom is -0.489 e. The largest absolute Gasteiger partial charge is 0.489 e. The fraction of sp³-hybridized carbons (Fsp3) is 0.333. The Kier molecular flexibility index (Phi) is 7.21. The molecule has 0 N–H and O–H groups in total. The zero-order valence-corrected chi connectivity index (χ0v) is 21.4. The second-order valence-electron chi connectivity index (χ2n) is 9.08. The molecule has 3 aromatic rings. The van der Waals surface area contributed by atoms with Crippen LogP contribution in [0.25, 0.3) is 11.1 Å². The second kappa shape index (κ2) is 10.4. The first kappa shape index (κ1) is 25.0. The van der Waals surface area contributed by atoms with E-state index in [1.807, 2.05) is 43.3 Å². The minimum absolute atomic E-state index is 0.0647. The monoisotopic (exact) mass is 531 g/mol. The predicted octanol–water partition coefficient (Wildman–Crippen LogP) is 5.45. The molecule has 0 amide bonds. The van der Waals surface area contributed by atoms with Crippen LogP contribution in [-0.4, -0.2) is 45.7 Å². The average molecular weight is 532 g/mol. The van der Waals surface area contributed by atoms with Gasteiger partial charge in [0, 0.05) is 31.2 Å². The lowest BCUT2D eigenvalue weighted by atomic mass is 9.98. The SMILES string of the molecule is Cc1ccccc1-c1cc2c(c(OCC3CCOC3)c1)OCCN(S(=O)(=O)c1ccc(F)c(Cl)c1)C2. The van der Waals surface area contributed by atoms with Gasteiger partial charge in [0.15, 0.2) is 11.5 Å². The molecule has 2 aliphatic rings. The number of aryl methyl sites for hydroxylation is 1. The van der Waals surface area contributed by atoms with Crippen LogP contribution in [0.15, 0.2) is 59.5 Å².